The molecule has 0 aliphatic carbocycles. The van der Waals surface area contributed by atoms with Crippen LogP contribution in [-0.2, 0) is 9.59 Å². The van der Waals surface area contributed by atoms with Crippen LogP contribution in [0.25, 0.3) is 0 Å². The van der Waals surface area contributed by atoms with Gasteiger partial charge in [-0.1, -0.05) is 42.1 Å². The summed E-state index contributed by atoms with van der Waals surface area (Å²) >= 11 is 6.78. The first-order chi connectivity index (χ1) is 7.61. The third-order valence-corrected chi connectivity index (χ3v) is 3.30. The van der Waals surface area contributed by atoms with Gasteiger partial charge in [0, 0.05) is 12.7 Å². The molecule has 0 aliphatic rings. The largest absolute Gasteiger partial charge is 0.288 e. The molecule has 86 valence electrons. The van der Waals surface area contributed by atoms with Crippen LogP contribution in [0.5, 0.6) is 0 Å². The van der Waals surface area contributed by atoms with Gasteiger partial charge < -0.3 is 0 Å². The van der Waals surface area contributed by atoms with Gasteiger partial charge in [0.1, 0.15) is 0 Å². The van der Waals surface area contributed by atoms with Crippen LogP contribution in [0.15, 0.2) is 30.3 Å². The summed E-state index contributed by atoms with van der Waals surface area (Å²) in [4.78, 5) is 22.1. The second-order valence-electron chi connectivity index (χ2n) is 3.40. The third-order valence-electron chi connectivity index (χ3n) is 2.19. The van der Waals surface area contributed by atoms with Gasteiger partial charge in [-0.25, -0.2) is 0 Å². The van der Waals surface area contributed by atoms with Gasteiger partial charge in [0.15, 0.2) is 5.12 Å². The first-order valence-electron chi connectivity index (χ1n) is 4.99. The smallest absolute Gasteiger partial charge is 0.229 e. The standard InChI is InChI=1S/C12H13ClO2S/c1-9(14)16-8-7-11(12(13)15)10-5-3-2-4-6-10/h2-6,11H,7-8H2,1H3. The Kier molecular flexibility index (Phi) is 5.56. The maximum atomic E-state index is 11.3. The molecular weight excluding hydrogens is 244 g/mol. The van der Waals surface area contributed by atoms with Crippen LogP contribution in [0.3, 0.4) is 0 Å². The monoisotopic (exact) mass is 256 g/mol. The van der Waals surface area contributed by atoms with Crippen molar-refractivity contribution < 1.29 is 9.59 Å². The molecule has 0 heterocycles. The lowest BCUT2D eigenvalue weighted by atomic mass is 9.98. The molecule has 0 saturated carbocycles. The van der Waals surface area contributed by atoms with E-state index in [1.54, 1.807) is 0 Å². The fourth-order valence-electron chi connectivity index (χ4n) is 1.42. The predicted molar refractivity (Wildman–Crippen MR) is 67.8 cm³/mol. The number of carbonyl (C=O) groups is 2. The Morgan fingerprint density at radius 3 is 2.44 bits per heavy atom. The zero-order chi connectivity index (χ0) is 12.0. The van der Waals surface area contributed by atoms with E-state index in [1.165, 1.54) is 18.7 Å². The van der Waals surface area contributed by atoms with Crippen molar-refractivity contribution in [3.63, 3.8) is 0 Å². The molecular formula is C12H13ClO2S. The zero-order valence-electron chi connectivity index (χ0n) is 8.98. The normalized spacial score (nSPS) is 12.1. The van der Waals surface area contributed by atoms with E-state index in [0.29, 0.717) is 12.2 Å². The molecule has 1 rings (SSSR count). The molecule has 16 heavy (non-hydrogen) atoms. The van der Waals surface area contributed by atoms with Crippen molar-refractivity contribution >= 4 is 33.7 Å². The SMILES string of the molecule is CC(=O)SCCC(C(=O)Cl)c1ccccc1. The summed E-state index contributed by atoms with van der Waals surface area (Å²) in [5.74, 6) is 0.308. The Balaban J connectivity index is 2.62. The highest BCUT2D eigenvalue weighted by atomic mass is 35.5. The second-order valence-corrected chi connectivity index (χ2v) is 5.04. The van der Waals surface area contributed by atoms with Crippen molar-refractivity contribution in [2.75, 3.05) is 5.75 Å². The fourth-order valence-corrected chi connectivity index (χ4v) is 2.29. The van der Waals surface area contributed by atoms with Crippen molar-refractivity contribution in [1.29, 1.82) is 0 Å². The Morgan fingerprint density at radius 1 is 1.31 bits per heavy atom. The summed E-state index contributed by atoms with van der Waals surface area (Å²) in [5.41, 5.74) is 0.909. The van der Waals surface area contributed by atoms with Gasteiger partial charge in [-0.2, -0.15) is 0 Å². The van der Waals surface area contributed by atoms with Crippen LogP contribution in [-0.4, -0.2) is 16.1 Å². The van der Waals surface area contributed by atoms with E-state index in [9.17, 15) is 9.59 Å². The van der Waals surface area contributed by atoms with Gasteiger partial charge in [-0.3, -0.25) is 9.59 Å². The molecule has 1 atom stereocenters. The molecule has 0 spiro atoms. The molecule has 0 saturated heterocycles. The minimum atomic E-state index is -0.365. The van der Waals surface area contributed by atoms with Crippen LogP contribution < -0.4 is 0 Å². The summed E-state index contributed by atoms with van der Waals surface area (Å²) in [7, 11) is 0. The van der Waals surface area contributed by atoms with E-state index >= 15 is 0 Å². The van der Waals surface area contributed by atoms with E-state index in [0.717, 1.165) is 5.56 Å². The first-order valence-corrected chi connectivity index (χ1v) is 6.35. The van der Waals surface area contributed by atoms with Gasteiger partial charge in [-0.05, 0) is 23.6 Å². The van der Waals surface area contributed by atoms with Crippen molar-refractivity contribution in [3.8, 4) is 0 Å². The van der Waals surface area contributed by atoms with Gasteiger partial charge in [-0.15, -0.1) is 0 Å². The minimum absolute atomic E-state index is 0.0637. The first kappa shape index (κ1) is 13.3. The van der Waals surface area contributed by atoms with Crippen LogP contribution in [0, 0.1) is 0 Å². The molecule has 0 bridgehead atoms. The average Bonchev–Trinajstić information content (AvgIpc) is 2.25. The van der Waals surface area contributed by atoms with Crippen LogP contribution in [0.1, 0.15) is 24.8 Å². The minimum Gasteiger partial charge on any atom is -0.288 e. The second kappa shape index (κ2) is 6.71. The topological polar surface area (TPSA) is 34.1 Å². The number of halogens is 1. The molecule has 0 N–H and O–H groups in total. The van der Waals surface area contributed by atoms with E-state index in [1.807, 2.05) is 30.3 Å². The molecule has 2 nitrogen and oxygen atoms in total. The van der Waals surface area contributed by atoms with Gasteiger partial charge >= 0.3 is 0 Å². The highest BCUT2D eigenvalue weighted by molar-refractivity contribution is 8.13. The van der Waals surface area contributed by atoms with E-state index in [2.05, 4.69) is 0 Å². The summed E-state index contributed by atoms with van der Waals surface area (Å²) in [6, 6.07) is 9.40. The lowest BCUT2D eigenvalue weighted by molar-refractivity contribution is -0.113. The quantitative estimate of drug-likeness (QED) is 0.759. The number of benzene rings is 1. The number of carbonyl (C=O) groups excluding carboxylic acids is 2. The predicted octanol–water partition coefficient (Wildman–Crippen LogP) is 3.21. The molecule has 1 aromatic rings. The maximum absolute atomic E-state index is 11.3. The Bertz CT molecular complexity index is 365. The van der Waals surface area contributed by atoms with Gasteiger partial charge in [0.25, 0.3) is 0 Å². The van der Waals surface area contributed by atoms with Crippen molar-refractivity contribution in [2.24, 2.45) is 0 Å². The van der Waals surface area contributed by atoms with Crippen LogP contribution in [0.4, 0.5) is 0 Å². The molecule has 0 aromatic heterocycles. The summed E-state index contributed by atoms with van der Waals surface area (Å²) in [5, 5.41) is -0.302. The Morgan fingerprint density at radius 2 is 1.94 bits per heavy atom. The summed E-state index contributed by atoms with van der Waals surface area (Å²) in [6.07, 6.45) is 0.594. The number of hydrogen-bond donors (Lipinski definition) is 0. The lowest BCUT2D eigenvalue weighted by Crippen LogP contribution is -2.08. The molecule has 4 heteroatoms. The highest BCUT2D eigenvalue weighted by Crippen LogP contribution is 2.24. The summed E-state index contributed by atoms with van der Waals surface area (Å²) < 4.78 is 0. The van der Waals surface area contributed by atoms with Crippen molar-refractivity contribution in [2.45, 2.75) is 19.3 Å². The lowest BCUT2D eigenvalue weighted by Gasteiger charge is -2.11. The van der Waals surface area contributed by atoms with Gasteiger partial charge in [0.2, 0.25) is 5.24 Å². The molecule has 1 unspecified atom stereocenters. The molecule has 0 radical (unpaired) electrons. The number of thioether (sulfide) groups is 1. The highest BCUT2D eigenvalue weighted by Gasteiger charge is 2.18. The molecule has 1 aromatic carbocycles. The molecule has 0 aliphatic heterocycles. The maximum Gasteiger partial charge on any atom is 0.229 e. The number of hydrogen-bond acceptors (Lipinski definition) is 3. The zero-order valence-corrected chi connectivity index (χ0v) is 10.6. The molecule has 0 fully saturated rings. The Hall–Kier alpha value is -0.800. The van der Waals surface area contributed by atoms with Crippen molar-refractivity contribution in [1.82, 2.24) is 0 Å². The third kappa shape index (κ3) is 4.37. The van der Waals surface area contributed by atoms with E-state index in [4.69, 9.17) is 11.6 Å². The fraction of sp³-hybridized carbons (Fsp3) is 0.333. The number of rotatable bonds is 5. The van der Waals surface area contributed by atoms with Crippen LogP contribution in [0.2, 0.25) is 0 Å². The van der Waals surface area contributed by atoms with E-state index < -0.39 is 0 Å². The summed E-state index contributed by atoms with van der Waals surface area (Å²) in [6.45, 7) is 1.52. The van der Waals surface area contributed by atoms with E-state index in [-0.39, 0.29) is 16.3 Å². The Labute approximate surface area is 104 Å². The average molecular weight is 257 g/mol. The molecule has 0 amide bonds. The van der Waals surface area contributed by atoms with Crippen molar-refractivity contribution in [3.05, 3.63) is 35.9 Å². The van der Waals surface area contributed by atoms with Crippen LogP contribution >= 0.6 is 23.4 Å². The van der Waals surface area contributed by atoms with Gasteiger partial charge in [0.05, 0.1) is 5.92 Å².